The van der Waals surface area contributed by atoms with Crippen LogP contribution < -0.4 is 0 Å². The van der Waals surface area contributed by atoms with Crippen LogP contribution in [0.25, 0.3) is 10.4 Å². The lowest BCUT2D eigenvalue weighted by molar-refractivity contribution is -0.180. The molecule has 1 N–H and O–H groups in total. The summed E-state index contributed by atoms with van der Waals surface area (Å²) in [5.41, 5.74) is 9.60. The molecule has 1 aromatic carbocycles. The maximum atomic E-state index is 12.3. The smallest absolute Gasteiger partial charge is 0.297 e. The molecule has 26 heavy (non-hydrogen) atoms. The van der Waals surface area contributed by atoms with Crippen molar-refractivity contribution in [3.05, 3.63) is 40.3 Å². The summed E-state index contributed by atoms with van der Waals surface area (Å²) in [6.45, 7) is 1.38. The Morgan fingerprint density at radius 3 is 2.46 bits per heavy atom. The molecule has 0 unspecified atom stereocenters. The second-order valence-corrected chi connectivity index (χ2v) is 7.33. The molecule has 1 saturated heterocycles. The zero-order chi connectivity index (χ0) is 19.3. The molecular weight excluding hydrogens is 366 g/mol. The fourth-order valence-electron chi connectivity index (χ4n) is 2.63. The van der Waals surface area contributed by atoms with Gasteiger partial charge in [-0.05, 0) is 24.6 Å². The van der Waals surface area contributed by atoms with Gasteiger partial charge in [0.2, 0.25) is 0 Å². The van der Waals surface area contributed by atoms with E-state index in [1.165, 1.54) is 26.4 Å². The van der Waals surface area contributed by atoms with Crippen molar-refractivity contribution < 1.29 is 31.9 Å². The zero-order valence-electron chi connectivity index (χ0n) is 14.5. The minimum atomic E-state index is -4.02. The summed E-state index contributed by atoms with van der Waals surface area (Å²) in [5, 5.41) is 13.8. The molecule has 10 nitrogen and oxygen atoms in total. The number of rotatable bonds is 8. The second-order valence-electron chi connectivity index (χ2n) is 5.72. The van der Waals surface area contributed by atoms with E-state index in [0.717, 1.165) is 5.56 Å². The van der Waals surface area contributed by atoms with Gasteiger partial charge in [-0.1, -0.05) is 22.8 Å². The molecule has 11 heteroatoms. The van der Waals surface area contributed by atoms with Crippen LogP contribution in [0.4, 0.5) is 0 Å². The quantitative estimate of drug-likeness (QED) is 0.232. The lowest BCUT2D eigenvalue weighted by Gasteiger charge is -2.23. The van der Waals surface area contributed by atoms with Crippen LogP contribution in [0.15, 0.2) is 34.3 Å². The van der Waals surface area contributed by atoms with Gasteiger partial charge in [-0.2, -0.15) is 8.42 Å². The van der Waals surface area contributed by atoms with Crippen molar-refractivity contribution in [2.45, 2.75) is 42.5 Å². The van der Waals surface area contributed by atoms with Gasteiger partial charge >= 0.3 is 0 Å². The summed E-state index contributed by atoms with van der Waals surface area (Å²) < 4.78 is 45.2. The Hall–Kier alpha value is -1.72. The minimum Gasteiger partial charge on any atom is -0.390 e. The van der Waals surface area contributed by atoms with Gasteiger partial charge in [-0.25, -0.2) is 0 Å². The van der Waals surface area contributed by atoms with E-state index in [4.69, 9.17) is 23.9 Å². The molecule has 0 aliphatic carbocycles. The van der Waals surface area contributed by atoms with Crippen LogP contribution in [0.2, 0.25) is 0 Å². The van der Waals surface area contributed by atoms with Crippen LogP contribution in [-0.4, -0.2) is 65.0 Å². The summed E-state index contributed by atoms with van der Waals surface area (Å²) in [7, 11) is -1.30. The average molecular weight is 387 g/mol. The Balaban J connectivity index is 2.11. The lowest BCUT2D eigenvalue weighted by Crippen LogP contribution is -2.39. The van der Waals surface area contributed by atoms with Gasteiger partial charge in [0, 0.05) is 19.1 Å². The first-order valence-electron chi connectivity index (χ1n) is 7.73. The first-order chi connectivity index (χ1) is 12.3. The van der Waals surface area contributed by atoms with Gasteiger partial charge < -0.3 is 19.3 Å². The number of methoxy groups -OCH3 is 2. The van der Waals surface area contributed by atoms with Crippen LogP contribution in [0.5, 0.6) is 0 Å². The predicted octanol–water partition coefficient (Wildman–Crippen LogP) is 1.13. The molecule has 144 valence electrons. The number of nitrogens with zero attached hydrogens (tertiary/aromatic N) is 3. The number of benzene rings is 1. The lowest BCUT2D eigenvalue weighted by atomic mass is 10.1. The molecule has 2 rings (SSSR count). The molecule has 0 bridgehead atoms. The number of aliphatic hydroxyl groups excluding tert-OH is 1. The largest absolute Gasteiger partial charge is 0.390 e. The molecular formula is C15H21N3O7S. The van der Waals surface area contributed by atoms with Crippen molar-refractivity contribution in [3.8, 4) is 0 Å². The highest BCUT2D eigenvalue weighted by Gasteiger charge is 2.47. The maximum absolute atomic E-state index is 12.3. The third-order valence-electron chi connectivity index (χ3n) is 4.01. The first-order valence-corrected chi connectivity index (χ1v) is 9.14. The minimum absolute atomic E-state index is 0.00890. The van der Waals surface area contributed by atoms with Crippen molar-refractivity contribution in [1.82, 2.24) is 0 Å². The van der Waals surface area contributed by atoms with Crippen LogP contribution in [0.1, 0.15) is 5.56 Å². The first kappa shape index (κ1) is 20.6. The Morgan fingerprint density at radius 2 is 1.92 bits per heavy atom. The molecule has 1 heterocycles. The van der Waals surface area contributed by atoms with Crippen molar-refractivity contribution in [3.63, 3.8) is 0 Å². The fraction of sp³-hybridized carbons (Fsp3) is 0.600. The van der Waals surface area contributed by atoms with Crippen molar-refractivity contribution in [1.29, 1.82) is 0 Å². The van der Waals surface area contributed by atoms with E-state index < -0.39 is 47.4 Å². The summed E-state index contributed by atoms with van der Waals surface area (Å²) in [6, 6.07) is 5.13. The van der Waals surface area contributed by atoms with Gasteiger partial charge in [-0.15, -0.1) is 0 Å². The number of aliphatic hydroxyl groups is 1. The van der Waals surface area contributed by atoms with Crippen molar-refractivity contribution >= 4 is 10.1 Å². The van der Waals surface area contributed by atoms with E-state index in [2.05, 4.69) is 10.0 Å². The Labute approximate surface area is 151 Å². The Morgan fingerprint density at radius 1 is 1.31 bits per heavy atom. The monoisotopic (exact) mass is 387 g/mol. The number of hydrogen-bond donors (Lipinski definition) is 1. The number of aryl methyl sites for hydroxylation is 1. The molecule has 0 radical (unpaired) electrons. The molecule has 0 saturated carbocycles. The van der Waals surface area contributed by atoms with E-state index in [1.54, 1.807) is 12.1 Å². The molecule has 1 fully saturated rings. The van der Waals surface area contributed by atoms with Gasteiger partial charge in [-0.3, -0.25) is 4.18 Å². The molecule has 0 spiro atoms. The molecule has 0 amide bonds. The topological polar surface area (TPSA) is 140 Å². The van der Waals surface area contributed by atoms with E-state index >= 15 is 0 Å². The molecule has 1 aliphatic heterocycles. The standard InChI is InChI=1S/C15H21N3O7S/c1-9-4-6-10(7-5-9)26(20,21)24-8-11-13(19)12(17-18-16)14(25-11)15(22-2)23-3/h4-7,11-15,19H,8H2,1-3H3/t11-,12-,13-,14+/m1/s1. The van der Waals surface area contributed by atoms with Crippen LogP contribution in [-0.2, 0) is 28.5 Å². The van der Waals surface area contributed by atoms with Crippen LogP contribution in [0, 0.1) is 6.92 Å². The molecule has 1 aromatic rings. The maximum Gasteiger partial charge on any atom is 0.297 e. The summed E-state index contributed by atoms with van der Waals surface area (Å²) in [6.07, 6.45) is -4.13. The summed E-state index contributed by atoms with van der Waals surface area (Å²) in [4.78, 5) is 2.67. The highest BCUT2D eigenvalue weighted by molar-refractivity contribution is 7.86. The van der Waals surface area contributed by atoms with Crippen LogP contribution >= 0.6 is 0 Å². The normalized spacial score (nSPS) is 26.0. The summed E-state index contributed by atoms with van der Waals surface area (Å²) in [5.74, 6) is 0. The van der Waals surface area contributed by atoms with Crippen molar-refractivity contribution in [2.24, 2.45) is 5.11 Å². The highest BCUT2D eigenvalue weighted by atomic mass is 32.2. The highest BCUT2D eigenvalue weighted by Crippen LogP contribution is 2.29. The van der Waals surface area contributed by atoms with E-state index in [1.807, 2.05) is 6.92 Å². The van der Waals surface area contributed by atoms with E-state index in [0.29, 0.717) is 0 Å². The Bertz CT molecular complexity index is 745. The van der Waals surface area contributed by atoms with Gasteiger partial charge in [0.1, 0.15) is 12.2 Å². The Kier molecular flexibility index (Phi) is 6.95. The predicted molar refractivity (Wildman–Crippen MR) is 89.7 cm³/mol. The van der Waals surface area contributed by atoms with E-state index in [-0.39, 0.29) is 4.90 Å². The average Bonchev–Trinajstić information content (AvgIpc) is 2.92. The van der Waals surface area contributed by atoms with Crippen LogP contribution in [0.3, 0.4) is 0 Å². The number of ether oxygens (including phenoxy) is 3. The number of hydrogen-bond acceptors (Lipinski definition) is 8. The SMILES string of the molecule is COC(OC)[C@H]1O[C@H](COS(=O)(=O)c2ccc(C)cc2)[C@@H](O)[C@H]1N=[N+]=[N-]. The van der Waals surface area contributed by atoms with Gasteiger partial charge in [0.05, 0.1) is 23.6 Å². The zero-order valence-corrected chi connectivity index (χ0v) is 15.4. The van der Waals surface area contributed by atoms with Gasteiger partial charge in [0.15, 0.2) is 6.29 Å². The number of azide groups is 1. The van der Waals surface area contributed by atoms with Crippen molar-refractivity contribution in [2.75, 3.05) is 20.8 Å². The second kappa shape index (κ2) is 8.78. The molecule has 0 aromatic heterocycles. The third kappa shape index (κ3) is 4.51. The van der Waals surface area contributed by atoms with Gasteiger partial charge in [0.25, 0.3) is 10.1 Å². The third-order valence-corrected chi connectivity index (χ3v) is 5.31. The molecule has 4 atom stereocenters. The van der Waals surface area contributed by atoms with E-state index in [9.17, 15) is 13.5 Å². The fourth-order valence-corrected chi connectivity index (χ4v) is 3.55. The summed E-state index contributed by atoms with van der Waals surface area (Å²) >= 11 is 0. The molecule has 1 aliphatic rings.